The van der Waals surface area contributed by atoms with Gasteiger partial charge in [-0.25, -0.2) is 29.9 Å². The van der Waals surface area contributed by atoms with Gasteiger partial charge >= 0.3 is 0 Å². The number of fused-ring (bicyclic) bond motifs is 20. The zero-order valence-corrected chi connectivity index (χ0v) is 78.5. The fourth-order valence-corrected chi connectivity index (χ4v) is 13.6. The number of aliphatic hydroxyl groups excluding tert-OH is 2. The van der Waals surface area contributed by atoms with E-state index in [2.05, 4.69) is 171 Å². The molecule has 2 aliphatic heterocycles. The molecule has 0 fully saturated rings. The molecule has 0 saturated carbocycles. The summed E-state index contributed by atoms with van der Waals surface area (Å²) in [6.07, 6.45) is 6.51. The number of hydrogen-bond acceptors (Lipinski definition) is 22. The van der Waals surface area contributed by atoms with Crippen molar-refractivity contribution in [1.29, 1.82) is 0 Å². The second kappa shape index (κ2) is 47.7. The summed E-state index contributed by atoms with van der Waals surface area (Å²) in [6.45, 7) is 55.0. The number of hydrogen-bond donors (Lipinski definition) is 3. The van der Waals surface area contributed by atoms with E-state index in [4.69, 9.17) is 96.3 Å². The molecule has 8 bridgehead atoms. The van der Waals surface area contributed by atoms with Gasteiger partial charge in [0.15, 0.2) is 75.4 Å². The van der Waals surface area contributed by atoms with Crippen LogP contribution in [0, 0.1) is 71.0 Å². The van der Waals surface area contributed by atoms with Gasteiger partial charge in [0.1, 0.15) is 11.3 Å². The Labute approximate surface area is 728 Å². The number of ether oxygens (including phenoxy) is 13. The minimum atomic E-state index is -0.981. The Hall–Kier alpha value is -8.32. The van der Waals surface area contributed by atoms with Gasteiger partial charge < -0.3 is 81.6 Å². The molecule has 24 nitrogen and oxygen atoms in total. The largest absolute Gasteiger partial charge is 0.490 e. The molecule has 0 spiro atoms. The van der Waals surface area contributed by atoms with Crippen LogP contribution >= 0.6 is 0 Å². The first-order chi connectivity index (χ1) is 58.4. The van der Waals surface area contributed by atoms with Crippen LogP contribution in [0.3, 0.4) is 0 Å². The molecule has 24 heteroatoms. The summed E-state index contributed by atoms with van der Waals surface area (Å²) in [5.41, 5.74) is 3.08. The van der Waals surface area contributed by atoms with Gasteiger partial charge in [-0.3, -0.25) is 0 Å². The summed E-state index contributed by atoms with van der Waals surface area (Å²) in [7, 11) is 0. The van der Waals surface area contributed by atoms with E-state index >= 15 is 0 Å². The fourth-order valence-electron chi connectivity index (χ4n) is 13.6. The van der Waals surface area contributed by atoms with Crippen LogP contribution in [-0.4, -0.2) is 155 Å². The van der Waals surface area contributed by atoms with E-state index in [9.17, 15) is 10.2 Å². The fraction of sp³-hybridized carbons (Fsp3) is 0.673. The van der Waals surface area contributed by atoms with E-state index in [0.29, 0.717) is 217 Å². The number of nitrogens with zero attached hydrogens (tertiary/aromatic N) is 7. The molecular formula is C98H150N8O16. The summed E-state index contributed by atoms with van der Waals surface area (Å²) in [5.74, 6) is 7.05. The minimum Gasteiger partial charge on any atom is -0.490 e. The number of rotatable bonds is 56. The lowest BCUT2D eigenvalue weighted by Gasteiger charge is -2.27. The Morgan fingerprint density at radius 1 is 0.311 bits per heavy atom. The first-order valence-corrected chi connectivity index (χ1v) is 46.1. The second-order valence-electron chi connectivity index (χ2n) is 37.9. The van der Waals surface area contributed by atoms with Crippen molar-refractivity contribution in [3.05, 3.63) is 30.3 Å². The number of H-pyrrole nitrogens is 1. The Kier molecular flexibility index (Phi) is 38.1. The van der Waals surface area contributed by atoms with Crippen molar-refractivity contribution >= 4 is 44.1 Å². The lowest BCUT2D eigenvalue weighted by atomic mass is 10.0. The maximum atomic E-state index is 10.4. The molecule has 678 valence electrons. The van der Waals surface area contributed by atoms with Gasteiger partial charge in [-0.1, -0.05) is 190 Å². The summed E-state index contributed by atoms with van der Waals surface area (Å²) in [4.78, 5) is 46.7. The first kappa shape index (κ1) is 97.5. The molecule has 0 aliphatic carbocycles. The molecule has 0 amide bonds. The van der Waals surface area contributed by atoms with Gasteiger partial charge in [0.05, 0.1) is 107 Å². The average molecular weight is 1700 g/mol. The van der Waals surface area contributed by atoms with Crippen LogP contribution < -0.4 is 56.9 Å². The Morgan fingerprint density at radius 2 is 0.631 bits per heavy atom. The molecule has 0 radical (unpaired) electrons. The number of aliphatic hydroxyl groups is 2. The van der Waals surface area contributed by atoms with Crippen molar-refractivity contribution < 1.29 is 76.6 Å². The third kappa shape index (κ3) is 27.1. The molecule has 4 aromatic carbocycles. The highest BCUT2D eigenvalue weighted by molar-refractivity contribution is 6.15. The third-order valence-electron chi connectivity index (χ3n) is 21.0. The van der Waals surface area contributed by atoms with Crippen LogP contribution in [0.15, 0.2) is 30.3 Å². The summed E-state index contributed by atoms with van der Waals surface area (Å²) in [6, 6.07) is 9.92. The first-order valence-electron chi connectivity index (χ1n) is 46.1. The highest BCUT2D eigenvalue weighted by atomic mass is 16.8. The van der Waals surface area contributed by atoms with Crippen LogP contribution in [0.4, 0.5) is 0 Å². The molecule has 122 heavy (non-hydrogen) atoms. The van der Waals surface area contributed by atoms with Crippen molar-refractivity contribution in [3.8, 4) is 109 Å². The molecule has 3 aromatic heterocycles. The second-order valence-corrected chi connectivity index (χ2v) is 37.9. The average Bonchev–Trinajstić information content (AvgIpc) is 1.57. The quantitative estimate of drug-likeness (QED) is 0.0236. The summed E-state index contributed by atoms with van der Waals surface area (Å²) < 4.78 is 96.2. The van der Waals surface area contributed by atoms with Crippen molar-refractivity contribution in [1.82, 2.24) is 39.6 Å². The molecule has 2 unspecified atom stereocenters. The van der Waals surface area contributed by atoms with Gasteiger partial charge in [0, 0.05) is 42.6 Å². The molecule has 3 N–H and O–H groups in total. The Bertz CT molecular complexity index is 4600. The molecule has 2 atom stereocenters. The van der Waals surface area contributed by atoms with Gasteiger partial charge in [-0.15, -0.1) is 4.73 Å². The number of nitrogens with one attached hydrogen (secondary N) is 1. The van der Waals surface area contributed by atoms with Crippen LogP contribution in [0.2, 0.25) is 0 Å². The SMILES string of the molecule is CC(C)CCOc1cc2c(c(OCCC(C)C)c1OCCC(C)C)c1nc3nc(nc4[nH]c(nc5nc(nc2n1OC(CC(C)C)OCCCO)-c1ccccc1-5)c1c(OCCC(C)C)c(OCCC(C)C)c(OCCC(C)C)c(OCCC(C)C)c41)-c1c(OCCC(C)C)c(OC(CC(C)C)OCCCO)c(OCCC(C)C)c(OCCC(C)C)c1-3. The van der Waals surface area contributed by atoms with E-state index < -0.39 is 12.6 Å². The van der Waals surface area contributed by atoms with E-state index in [1.54, 1.807) is 4.73 Å². The van der Waals surface area contributed by atoms with Crippen LogP contribution in [0.25, 0.3) is 89.7 Å². The van der Waals surface area contributed by atoms with Crippen LogP contribution in [0.5, 0.6) is 63.2 Å². The van der Waals surface area contributed by atoms with E-state index in [-0.39, 0.29) is 176 Å². The molecule has 2 aliphatic rings. The van der Waals surface area contributed by atoms with E-state index in [1.807, 2.05) is 30.3 Å². The summed E-state index contributed by atoms with van der Waals surface area (Å²) in [5, 5.41) is 22.7. The smallest absolute Gasteiger partial charge is 0.225 e. The highest BCUT2D eigenvalue weighted by Crippen LogP contribution is 2.60. The summed E-state index contributed by atoms with van der Waals surface area (Å²) >= 11 is 0. The van der Waals surface area contributed by atoms with Crippen molar-refractivity contribution in [3.63, 3.8) is 0 Å². The zero-order chi connectivity index (χ0) is 88.4. The number of aromatic nitrogens is 8. The maximum absolute atomic E-state index is 10.4. The standard InChI is InChI=1S/C98H150N8O16/c1-58(2)31-45-109-73-57-72-76(82(113-47-33-60(5)6)81(73)112-46-32-59(3)4)98-105-96-79-80(86(117-51-37-64(13)14)90(121-74(55-68(21)22)110-43-27-41-107)89(120-54-40-67(19)20)85(79)116-50-36-63(11)12)95(103-96)102-94-78-77(83(114-48-34-61(7)8)87(118-52-38-65(15)16)88(119-53-39-66(17)18)84(78)115-49-35-62(9)10)93(101-94)100-91-70-29-25-26-30-71(70)92(99-91)104-97(72)106(98)122-75(56-69(23)24)111-44-28-42-108/h25-26,29-30,57-69,74-75,107-108H,27-28,31-56H2,1-24H3,(H,99,100,101,102,103,104,105). The van der Waals surface area contributed by atoms with Crippen LogP contribution in [-0.2, 0) is 9.47 Å². The molecular weight excluding hydrogens is 1550 g/mol. The van der Waals surface area contributed by atoms with E-state index in [0.717, 1.165) is 12.8 Å². The minimum absolute atomic E-state index is 0.0260. The van der Waals surface area contributed by atoms with Gasteiger partial charge in [0.2, 0.25) is 35.0 Å². The third-order valence-corrected chi connectivity index (χ3v) is 21.0. The van der Waals surface area contributed by atoms with Crippen molar-refractivity contribution in [2.75, 3.05) is 92.5 Å². The predicted molar refractivity (Wildman–Crippen MR) is 488 cm³/mol. The van der Waals surface area contributed by atoms with Crippen LogP contribution in [0.1, 0.15) is 256 Å². The number of aromatic amines is 1. The van der Waals surface area contributed by atoms with E-state index in [1.165, 1.54) is 0 Å². The molecule has 9 rings (SSSR count). The normalized spacial score (nSPS) is 12.8. The molecule has 5 heterocycles. The Balaban J connectivity index is 1.73. The highest BCUT2D eigenvalue weighted by Gasteiger charge is 2.40. The lowest BCUT2D eigenvalue weighted by Crippen LogP contribution is -2.30. The van der Waals surface area contributed by atoms with Gasteiger partial charge in [-0.05, 0) is 154 Å². The van der Waals surface area contributed by atoms with Gasteiger partial charge in [-0.2, -0.15) is 0 Å². The molecule has 7 aromatic rings. The number of benzene rings is 4. The predicted octanol–water partition coefficient (Wildman–Crippen LogP) is 22.9. The lowest BCUT2D eigenvalue weighted by molar-refractivity contribution is -0.149. The maximum Gasteiger partial charge on any atom is 0.225 e. The topological polar surface area (TPSA) is 268 Å². The Morgan fingerprint density at radius 3 is 1.04 bits per heavy atom. The van der Waals surface area contributed by atoms with Gasteiger partial charge in [0.25, 0.3) is 0 Å². The zero-order valence-electron chi connectivity index (χ0n) is 78.5. The van der Waals surface area contributed by atoms with Crippen molar-refractivity contribution in [2.45, 2.75) is 269 Å². The van der Waals surface area contributed by atoms with Crippen molar-refractivity contribution in [2.24, 2.45) is 71.0 Å². The monoisotopic (exact) mass is 1700 g/mol. The molecule has 0 saturated heterocycles.